The summed E-state index contributed by atoms with van der Waals surface area (Å²) in [6.45, 7) is 0.191. The number of aromatic hydroxyl groups is 1. The average Bonchev–Trinajstić information content (AvgIpc) is 3.06. The molecule has 10 nitrogen and oxygen atoms in total. The maximum absolute atomic E-state index is 12.6. The molecular weight excluding hydrogens is 388 g/mol. The lowest BCUT2D eigenvalue weighted by molar-refractivity contribution is -0.105. The highest BCUT2D eigenvalue weighted by Crippen LogP contribution is 2.27. The van der Waals surface area contributed by atoms with Crippen LogP contribution in [-0.2, 0) is 11.3 Å². The lowest BCUT2D eigenvalue weighted by atomic mass is 10.2. The molecule has 0 saturated heterocycles. The van der Waals surface area contributed by atoms with Crippen LogP contribution in [0.1, 0.15) is 5.56 Å². The second-order valence-electron chi connectivity index (χ2n) is 6.33. The molecule has 0 bridgehead atoms. The quantitative estimate of drug-likeness (QED) is 0.273. The fourth-order valence-electron chi connectivity index (χ4n) is 3.10. The molecule has 4 rings (SSSR count). The van der Waals surface area contributed by atoms with Crippen LogP contribution in [0.3, 0.4) is 0 Å². The number of phenols is 1. The number of para-hydroxylation sites is 3. The van der Waals surface area contributed by atoms with Gasteiger partial charge in [-0.05, 0) is 18.2 Å². The molecule has 0 fully saturated rings. The molecule has 0 unspecified atom stereocenters. The first kappa shape index (κ1) is 19.0. The fraction of sp³-hybridized carbons (Fsp3) is 0.100. The number of nitrogens with zero attached hydrogens (tertiary/aromatic N) is 3. The predicted molar refractivity (Wildman–Crippen MR) is 111 cm³/mol. The van der Waals surface area contributed by atoms with Gasteiger partial charge in [-0.3, -0.25) is 9.36 Å². The molecule has 4 N–H and O–H groups in total. The summed E-state index contributed by atoms with van der Waals surface area (Å²) in [6, 6.07) is 13.9. The van der Waals surface area contributed by atoms with Crippen LogP contribution >= 0.6 is 0 Å². The molecule has 2 heterocycles. The highest BCUT2D eigenvalue weighted by Gasteiger charge is 2.17. The zero-order chi connectivity index (χ0) is 21.1. The Morgan fingerprint density at radius 1 is 1.17 bits per heavy atom. The SMILES string of the molecule is COc1ccccc1Cn1c(=O)[nH]c2c(NC=O)nc(Nc3ccccc3O)nc21. The van der Waals surface area contributed by atoms with E-state index in [0.29, 0.717) is 17.8 Å². The van der Waals surface area contributed by atoms with Crippen molar-refractivity contribution in [2.75, 3.05) is 17.7 Å². The molecule has 0 aliphatic carbocycles. The van der Waals surface area contributed by atoms with Gasteiger partial charge in [-0.2, -0.15) is 9.97 Å². The fourth-order valence-corrected chi connectivity index (χ4v) is 3.10. The van der Waals surface area contributed by atoms with Gasteiger partial charge in [0.2, 0.25) is 12.4 Å². The number of aromatic nitrogens is 4. The minimum absolute atomic E-state index is 0.00609. The largest absolute Gasteiger partial charge is 0.506 e. The van der Waals surface area contributed by atoms with Gasteiger partial charge < -0.3 is 25.5 Å². The number of amides is 1. The Balaban J connectivity index is 1.84. The topological polar surface area (TPSA) is 134 Å². The molecular formula is C20H18N6O4. The van der Waals surface area contributed by atoms with Crippen molar-refractivity contribution >= 4 is 35.0 Å². The Morgan fingerprint density at radius 2 is 1.93 bits per heavy atom. The van der Waals surface area contributed by atoms with Crippen LogP contribution in [0, 0.1) is 0 Å². The molecule has 0 spiro atoms. The minimum Gasteiger partial charge on any atom is -0.506 e. The van der Waals surface area contributed by atoms with Crippen LogP contribution in [0.4, 0.5) is 17.5 Å². The van der Waals surface area contributed by atoms with Gasteiger partial charge in [-0.15, -0.1) is 0 Å². The van der Waals surface area contributed by atoms with Crippen LogP contribution < -0.4 is 21.1 Å². The van der Waals surface area contributed by atoms with Gasteiger partial charge in [0, 0.05) is 5.56 Å². The highest BCUT2D eigenvalue weighted by atomic mass is 16.5. The van der Waals surface area contributed by atoms with Gasteiger partial charge in [0.15, 0.2) is 11.5 Å². The molecule has 0 aliphatic heterocycles. The number of carbonyl (C=O) groups excluding carboxylic acids is 1. The Morgan fingerprint density at radius 3 is 2.70 bits per heavy atom. The van der Waals surface area contributed by atoms with Gasteiger partial charge >= 0.3 is 5.69 Å². The van der Waals surface area contributed by atoms with Crippen molar-refractivity contribution < 1.29 is 14.6 Å². The molecule has 0 aliphatic rings. The maximum atomic E-state index is 12.6. The third-order valence-corrected chi connectivity index (χ3v) is 4.49. The summed E-state index contributed by atoms with van der Waals surface area (Å²) >= 11 is 0. The van der Waals surface area contributed by atoms with Gasteiger partial charge in [0.1, 0.15) is 17.0 Å². The number of fused-ring (bicyclic) bond motifs is 1. The monoisotopic (exact) mass is 406 g/mol. The van der Waals surface area contributed by atoms with Crippen LogP contribution in [0.5, 0.6) is 11.5 Å². The van der Waals surface area contributed by atoms with E-state index in [2.05, 4.69) is 25.6 Å². The number of H-pyrrole nitrogens is 1. The van der Waals surface area contributed by atoms with Crippen molar-refractivity contribution in [2.45, 2.75) is 6.54 Å². The zero-order valence-electron chi connectivity index (χ0n) is 15.9. The number of rotatable bonds is 7. The maximum Gasteiger partial charge on any atom is 0.328 e. The van der Waals surface area contributed by atoms with Crippen molar-refractivity contribution in [3.8, 4) is 11.5 Å². The number of hydrogen-bond acceptors (Lipinski definition) is 7. The number of imidazole rings is 1. The van der Waals surface area contributed by atoms with Crippen LogP contribution in [0.2, 0.25) is 0 Å². The summed E-state index contributed by atoms with van der Waals surface area (Å²) in [6.07, 6.45) is 0.460. The number of anilines is 3. The van der Waals surface area contributed by atoms with Gasteiger partial charge in [-0.1, -0.05) is 30.3 Å². The van der Waals surface area contributed by atoms with Crippen molar-refractivity contribution in [1.82, 2.24) is 19.5 Å². The number of nitrogens with one attached hydrogen (secondary N) is 3. The van der Waals surface area contributed by atoms with Crippen molar-refractivity contribution in [3.05, 3.63) is 64.6 Å². The first-order valence-corrected chi connectivity index (χ1v) is 8.98. The predicted octanol–water partition coefficient (Wildman–Crippen LogP) is 2.19. The summed E-state index contributed by atoms with van der Waals surface area (Å²) in [5, 5.41) is 15.4. The zero-order valence-corrected chi connectivity index (χ0v) is 15.9. The van der Waals surface area contributed by atoms with Gasteiger partial charge in [0.05, 0.1) is 19.3 Å². The number of carbonyl (C=O) groups is 1. The average molecular weight is 406 g/mol. The number of methoxy groups -OCH3 is 1. The van der Waals surface area contributed by atoms with E-state index in [1.165, 1.54) is 10.6 Å². The molecule has 0 atom stereocenters. The number of benzene rings is 2. The third kappa shape index (κ3) is 3.53. The van der Waals surface area contributed by atoms with E-state index < -0.39 is 5.69 Å². The van der Waals surface area contributed by atoms with E-state index in [1.807, 2.05) is 18.2 Å². The van der Waals surface area contributed by atoms with Gasteiger partial charge in [0.25, 0.3) is 0 Å². The van der Waals surface area contributed by atoms with Crippen molar-refractivity contribution in [1.29, 1.82) is 0 Å². The molecule has 0 radical (unpaired) electrons. The first-order chi connectivity index (χ1) is 14.6. The van der Waals surface area contributed by atoms with E-state index in [4.69, 9.17) is 4.74 Å². The minimum atomic E-state index is -0.418. The molecule has 10 heteroatoms. The summed E-state index contributed by atoms with van der Waals surface area (Å²) in [7, 11) is 1.56. The summed E-state index contributed by atoms with van der Waals surface area (Å²) in [5.74, 6) is 0.864. The summed E-state index contributed by atoms with van der Waals surface area (Å²) in [4.78, 5) is 35.1. The summed E-state index contributed by atoms with van der Waals surface area (Å²) in [5.41, 5.74) is 1.30. The smallest absolute Gasteiger partial charge is 0.328 e. The standard InChI is InChI=1S/C20H18N6O4/c1-30-15-9-5-2-6-12(15)10-26-18-16(23-20(26)29)17(21-11-27)24-19(25-18)22-13-7-3-4-8-14(13)28/h2-9,11,28H,10H2,1H3,(H,23,29)(H2,21,22,24,25,27). The van der Waals surface area contributed by atoms with E-state index in [9.17, 15) is 14.7 Å². The second-order valence-corrected chi connectivity index (χ2v) is 6.33. The molecule has 4 aromatic rings. The molecule has 0 saturated carbocycles. The van der Waals surface area contributed by atoms with Crippen molar-refractivity contribution in [3.63, 3.8) is 0 Å². The normalized spacial score (nSPS) is 10.7. The molecule has 2 aromatic carbocycles. The Hall–Kier alpha value is -4.34. The number of hydrogen-bond donors (Lipinski definition) is 4. The lowest BCUT2D eigenvalue weighted by Crippen LogP contribution is -2.18. The van der Waals surface area contributed by atoms with Crippen LogP contribution in [0.25, 0.3) is 11.2 Å². The lowest BCUT2D eigenvalue weighted by Gasteiger charge is -2.11. The molecule has 152 valence electrons. The third-order valence-electron chi connectivity index (χ3n) is 4.49. The molecule has 1 amide bonds. The summed E-state index contributed by atoms with van der Waals surface area (Å²) < 4.78 is 6.78. The highest BCUT2D eigenvalue weighted by molar-refractivity contribution is 5.89. The van der Waals surface area contributed by atoms with E-state index in [0.717, 1.165) is 5.56 Å². The van der Waals surface area contributed by atoms with Crippen molar-refractivity contribution in [2.24, 2.45) is 0 Å². The van der Waals surface area contributed by atoms with Gasteiger partial charge in [-0.25, -0.2) is 4.79 Å². The Bertz CT molecular complexity index is 1280. The number of phenolic OH excluding ortho intramolecular Hbond substituents is 1. The van der Waals surface area contributed by atoms with E-state index in [-0.39, 0.29) is 35.2 Å². The molecule has 30 heavy (non-hydrogen) atoms. The van der Waals surface area contributed by atoms with E-state index >= 15 is 0 Å². The van der Waals surface area contributed by atoms with E-state index in [1.54, 1.807) is 31.4 Å². The second kappa shape index (κ2) is 7.95. The number of ether oxygens (including phenoxy) is 1. The van der Waals surface area contributed by atoms with Crippen LogP contribution in [0.15, 0.2) is 53.3 Å². The van der Waals surface area contributed by atoms with Crippen LogP contribution in [-0.4, -0.2) is 38.1 Å². The number of aromatic amines is 1. The Labute approximate surface area is 170 Å². The Kier molecular flexibility index (Phi) is 5.04. The first-order valence-electron chi connectivity index (χ1n) is 8.98. The molecule has 2 aromatic heterocycles.